The maximum Gasteiger partial charge on any atom is 0.110 e. The van der Waals surface area contributed by atoms with Crippen LogP contribution in [0.25, 0.3) is 0 Å². The lowest BCUT2D eigenvalue weighted by molar-refractivity contribution is 0.481. The second-order valence-electron chi connectivity index (χ2n) is 5.06. The molecule has 0 fully saturated rings. The van der Waals surface area contributed by atoms with Gasteiger partial charge in [-0.1, -0.05) is 32.4 Å². The molecule has 0 aliphatic heterocycles. The zero-order chi connectivity index (χ0) is 12.3. The summed E-state index contributed by atoms with van der Waals surface area (Å²) in [6.07, 6.45) is 0. The highest BCUT2D eigenvalue weighted by molar-refractivity contribution is 6.30. The third-order valence-corrected chi connectivity index (χ3v) is 2.41. The predicted molar refractivity (Wildman–Crippen MR) is 71.7 cm³/mol. The Morgan fingerprint density at radius 3 is 2.00 bits per heavy atom. The van der Waals surface area contributed by atoms with Crippen LogP contribution in [0, 0.1) is 5.41 Å². The van der Waals surface area contributed by atoms with Crippen molar-refractivity contribution in [2.75, 3.05) is 14.1 Å². The van der Waals surface area contributed by atoms with E-state index in [1.54, 1.807) is 0 Å². The third-order valence-electron chi connectivity index (χ3n) is 2.16. The molecule has 3 heteroatoms. The van der Waals surface area contributed by atoms with Crippen LogP contribution in [0.1, 0.15) is 20.8 Å². The standard InChI is InChI=1S/C13H19ClN2/c1-13(2,3)12(16(4)5)15-11-8-6-10(14)7-9-11/h6-9H,1-5H3. The number of aliphatic imine (C=N–C) groups is 1. The SMILES string of the molecule is CN(C)C(=Nc1ccc(Cl)cc1)C(C)(C)C. The third kappa shape index (κ3) is 3.53. The van der Waals surface area contributed by atoms with Crippen LogP contribution >= 0.6 is 11.6 Å². The van der Waals surface area contributed by atoms with Crippen molar-refractivity contribution in [2.24, 2.45) is 10.4 Å². The van der Waals surface area contributed by atoms with E-state index in [2.05, 4.69) is 30.7 Å². The molecular formula is C13H19ClN2. The molecule has 0 saturated carbocycles. The molecule has 1 aromatic rings. The Hall–Kier alpha value is -1.02. The Morgan fingerprint density at radius 2 is 1.62 bits per heavy atom. The largest absolute Gasteiger partial charge is 0.366 e. The molecule has 0 aromatic heterocycles. The Balaban J connectivity index is 3.08. The molecule has 0 spiro atoms. The van der Waals surface area contributed by atoms with Gasteiger partial charge in [0, 0.05) is 24.5 Å². The Kier molecular flexibility index (Phi) is 3.98. The molecule has 16 heavy (non-hydrogen) atoms. The van der Waals surface area contributed by atoms with E-state index in [4.69, 9.17) is 11.6 Å². The van der Waals surface area contributed by atoms with Crippen LogP contribution < -0.4 is 0 Å². The molecule has 0 aliphatic carbocycles. The van der Waals surface area contributed by atoms with Gasteiger partial charge >= 0.3 is 0 Å². The number of amidine groups is 1. The first-order chi connectivity index (χ1) is 7.30. The van der Waals surface area contributed by atoms with E-state index in [1.807, 2.05) is 38.4 Å². The molecule has 88 valence electrons. The Morgan fingerprint density at radius 1 is 1.12 bits per heavy atom. The average Bonchev–Trinajstić information content (AvgIpc) is 2.14. The van der Waals surface area contributed by atoms with Crippen molar-refractivity contribution in [3.8, 4) is 0 Å². The van der Waals surface area contributed by atoms with Crippen molar-refractivity contribution in [1.82, 2.24) is 4.90 Å². The van der Waals surface area contributed by atoms with E-state index < -0.39 is 0 Å². The van der Waals surface area contributed by atoms with Gasteiger partial charge in [0.2, 0.25) is 0 Å². The maximum absolute atomic E-state index is 5.84. The number of hydrogen-bond donors (Lipinski definition) is 0. The summed E-state index contributed by atoms with van der Waals surface area (Å²) in [6, 6.07) is 7.57. The van der Waals surface area contributed by atoms with Crippen molar-refractivity contribution in [3.63, 3.8) is 0 Å². The van der Waals surface area contributed by atoms with Crippen molar-refractivity contribution in [2.45, 2.75) is 20.8 Å². The van der Waals surface area contributed by atoms with Gasteiger partial charge in [-0.15, -0.1) is 0 Å². The van der Waals surface area contributed by atoms with Crippen LogP contribution in [0.5, 0.6) is 0 Å². The first-order valence-corrected chi connectivity index (χ1v) is 5.70. The van der Waals surface area contributed by atoms with E-state index in [1.165, 1.54) is 0 Å². The smallest absolute Gasteiger partial charge is 0.110 e. The molecule has 0 bridgehead atoms. The van der Waals surface area contributed by atoms with Crippen molar-refractivity contribution in [3.05, 3.63) is 29.3 Å². The number of rotatable bonds is 1. The maximum atomic E-state index is 5.84. The van der Waals surface area contributed by atoms with Gasteiger partial charge in [-0.2, -0.15) is 0 Å². The normalized spacial score (nSPS) is 12.8. The van der Waals surface area contributed by atoms with Crippen LogP contribution in [-0.2, 0) is 0 Å². The molecule has 0 unspecified atom stereocenters. The highest BCUT2D eigenvalue weighted by Gasteiger charge is 2.20. The van der Waals surface area contributed by atoms with Gasteiger partial charge in [-0.05, 0) is 24.3 Å². The summed E-state index contributed by atoms with van der Waals surface area (Å²) >= 11 is 5.84. The topological polar surface area (TPSA) is 15.6 Å². The quantitative estimate of drug-likeness (QED) is 0.534. The minimum Gasteiger partial charge on any atom is -0.366 e. The molecule has 0 amide bonds. The zero-order valence-corrected chi connectivity index (χ0v) is 11.3. The van der Waals surface area contributed by atoms with E-state index in [0.717, 1.165) is 16.5 Å². The zero-order valence-electron chi connectivity index (χ0n) is 10.6. The molecular weight excluding hydrogens is 220 g/mol. The van der Waals surface area contributed by atoms with Crippen LogP contribution in [0.15, 0.2) is 29.3 Å². The van der Waals surface area contributed by atoms with Crippen molar-refractivity contribution >= 4 is 23.1 Å². The van der Waals surface area contributed by atoms with Gasteiger partial charge < -0.3 is 4.90 Å². The molecule has 0 radical (unpaired) electrons. The molecule has 0 heterocycles. The summed E-state index contributed by atoms with van der Waals surface area (Å²) in [5, 5.41) is 0.737. The Labute approximate surface area is 103 Å². The number of benzene rings is 1. The van der Waals surface area contributed by atoms with Crippen molar-refractivity contribution in [1.29, 1.82) is 0 Å². The second-order valence-corrected chi connectivity index (χ2v) is 5.49. The fraction of sp³-hybridized carbons (Fsp3) is 0.462. The summed E-state index contributed by atoms with van der Waals surface area (Å²) in [4.78, 5) is 6.70. The summed E-state index contributed by atoms with van der Waals surface area (Å²) in [7, 11) is 4.03. The Bertz CT molecular complexity index is 372. The molecule has 0 saturated heterocycles. The lowest BCUT2D eigenvalue weighted by Crippen LogP contribution is -2.33. The van der Waals surface area contributed by atoms with Crippen LogP contribution in [0.4, 0.5) is 5.69 Å². The predicted octanol–water partition coefficient (Wildman–Crippen LogP) is 3.98. The lowest BCUT2D eigenvalue weighted by atomic mass is 9.94. The van der Waals surface area contributed by atoms with Gasteiger partial charge in [0.05, 0.1) is 5.69 Å². The first-order valence-electron chi connectivity index (χ1n) is 5.33. The monoisotopic (exact) mass is 238 g/mol. The van der Waals surface area contributed by atoms with Crippen LogP contribution in [0.2, 0.25) is 5.02 Å². The average molecular weight is 239 g/mol. The highest BCUT2D eigenvalue weighted by Crippen LogP contribution is 2.23. The van der Waals surface area contributed by atoms with Crippen LogP contribution in [-0.4, -0.2) is 24.8 Å². The molecule has 0 N–H and O–H groups in total. The lowest BCUT2D eigenvalue weighted by Gasteiger charge is -2.27. The van der Waals surface area contributed by atoms with E-state index >= 15 is 0 Å². The van der Waals surface area contributed by atoms with Gasteiger partial charge in [-0.3, -0.25) is 0 Å². The molecule has 0 aliphatic rings. The fourth-order valence-corrected chi connectivity index (χ4v) is 1.70. The van der Waals surface area contributed by atoms with E-state index in [-0.39, 0.29) is 5.41 Å². The first kappa shape index (κ1) is 13.0. The molecule has 0 atom stereocenters. The number of halogens is 1. The van der Waals surface area contributed by atoms with Crippen molar-refractivity contribution < 1.29 is 0 Å². The van der Waals surface area contributed by atoms with E-state index in [9.17, 15) is 0 Å². The number of hydrogen-bond acceptors (Lipinski definition) is 1. The molecule has 1 rings (SSSR count). The molecule has 2 nitrogen and oxygen atoms in total. The highest BCUT2D eigenvalue weighted by atomic mass is 35.5. The van der Waals surface area contributed by atoms with Crippen LogP contribution in [0.3, 0.4) is 0 Å². The summed E-state index contributed by atoms with van der Waals surface area (Å²) in [5.74, 6) is 1.05. The van der Waals surface area contributed by atoms with Gasteiger partial charge in [-0.25, -0.2) is 4.99 Å². The minimum atomic E-state index is 0.0309. The summed E-state index contributed by atoms with van der Waals surface area (Å²) in [5.41, 5.74) is 0.964. The number of nitrogens with zero attached hydrogens (tertiary/aromatic N) is 2. The second kappa shape index (κ2) is 4.88. The fourth-order valence-electron chi connectivity index (χ4n) is 1.58. The summed E-state index contributed by atoms with van der Waals surface area (Å²) in [6.45, 7) is 6.46. The van der Waals surface area contributed by atoms with Gasteiger partial charge in [0.25, 0.3) is 0 Å². The van der Waals surface area contributed by atoms with Gasteiger partial charge in [0.15, 0.2) is 0 Å². The summed E-state index contributed by atoms with van der Waals surface area (Å²) < 4.78 is 0. The minimum absolute atomic E-state index is 0.0309. The van der Waals surface area contributed by atoms with E-state index in [0.29, 0.717) is 0 Å². The van der Waals surface area contributed by atoms with Gasteiger partial charge in [0.1, 0.15) is 5.84 Å². The molecule has 1 aromatic carbocycles.